The molecule has 2 aliphatic carbocycles. The highest BCUT2D eigenvalue weighted by Crippen LogP contribution is 2.24. The van der Waals surface area contributed by atoms with Crippen molar-refractivity contribution in [3.8, 4) is 0 Å². The highest BCUT2D eigenvalue weighted by atomic mass is 16.5. The van der Waals surface area contributed by atoms with Crippen molar-refractivity contribution in [2.45, 2.75) is 6.42 Å². The van der Waals surface area contributed by atoms with Crippen LogP contribution in [0.4, 0.5) is 0 Å². The van der Waals surface area contributed by atoms with Crippen molar-refractivity contribution in [3.63, 3.8) is 0 Å². The Hall–Kier alpha value is -2.61. The fraction of sp³-hybridized carbons (Fsp3) is 0.105. The van der Waals surface area contributed by atoms with E-state index in [0.29, 0.717) is 5.57 Å². The lowest BCUT2D eigenvalue weighted by Gasteiger charge is -2.09. The van der Waals surface area contributed by atoms with Crippen molar-refractivity contribution in [3.05, 3.63) is 58.0 Å². The summed E-state index contributed by atoms with van der Waals surface area (Å²) in [6.45, 7) is 0. The first-order valence-corrected chi connectivity index (χ1v) is 7.03. The van der Waals surface area contributed by atoms with Gasteiger partial charge < -0.3 is 4.74 Å². The molecule has 4 rings (SSSR count). The topological polar surface area (TPSA) is 26.3 Å². The summed E-state index contributed by atoms with van der Waals surface area (Å²) in [5.41, 5.74) is 3.00. The SMILES string of the molecule is COC(=O)C1=c2ccc3c4c(ccc3c2C=C1)=CCC=C4. The Morgan fingerprint density at radius 3 is 2.67 bits per heavy atom. The zero-order valence-electron chi connectivity index (χ0n) is 11.7. The van der Waals surface area contributed by atoms with Gasteiger partial charge >= 0.3 is 5.97 Å². The van der Waals surface area contributed by atoms with E-state index in [0.717, 1.165) is 17.2 Å². The number of allylic oxidation sites excluding steroid dienone is 1. The number of methoxy groups -OCH3 is 1. The van der Waals surface area contributed by atoms with Gasteiger partial charge in [-0.3, -0.25) is 0 Å². The average Bonchev–Trinajstić information content (AvgIpc) is 2.98. The van der Waals surface area contributed by atoms with Crippen LogP contribution in [0, 0.1) is 0 Å². The van der Waals surface area contributed by atoms with E-state index in [9.17, 15) is 4.79 Å². The number of benzene rings is 2. The predicted octanol–water partition coefficient (Wildman–Crippen LogP) is 2.39. The second-order valence-electron chi connectivity index (χ2n) is 5.27. The molecular formula is C19H14O2. The summed E-state index contributed by atoms with van der Waals surface area (Å²) in [6.07, 6.45) is 11.4. The Kier molecular flexibility index (Phi) is 2.58. The number of hydrogen-bond donors (Lipinski definition) is 0. The molecule has 21 heavy (non-hydrogen) atoms. The molecule has 0 atom stereocenters. The van der Waals surface area contributed by atoms with Gasteiger partial charge in [-0.25, -0.2) is 4.79 Å². The Labute approximate surface area is 122 Å². The van der Waals surface area contributed by atoms with Crippen LogP contribution in [0.5, 0.6) is 0 Å². The maximum Gasteiger partial charge on any atom is 0.338 e. The smallest absolute Gasteiger partial charge is 0.338 e. The van der Waals surface area contributed by atoms with Gasteiger partial charge in [-0.1, -0.05) is 48.6 Å². The predicted molar refractivity (Wildman–Crippen MR) is 85.8 cm³/mol. The fourth-order valence-corrected chi connectivity index (χ4v) is 3.17. The van der Waals surface area contributed by atoms with E-state index in [1.807, 2.05) is 18.2 Å². The second kappa shape index (κ2) is 4.45. The average molecular weight is 274 g/mol. The normalized spacial score (nSPS) is 14.8. The molecule has 0 fully saturated rings. The molecule has 2 aromatic carbocycles. The van der Waals surface area contributed by atoms with Crippen LogP contribution < -0.4 is 10.4 Å². The summed E-state index contributed by atoms with van der Waals surface area (Å²) in [6, 6.07) is 8.43. The monoisotopic (exact) mass is 274 g/mol. The van der Waals surface area contributed by atoms with Crippen LogP contribution in [-0.4, -0.2) is 13.1 Å². The maximum atomic E-state index is 11.8. The zero-order chi connectivity index (χ0) is 14.4. The quantitative estimate of drug-likeness (QED) is 0.746. The van der Waals surface area contributed by atoms with Crippen molar-refractivity contribution in [2.75, 3.05) is 7.11 Å². The Morgan fingerprint density at radius 2 is 1.81 bits per heavy atom. The molecule has 0 bridgehead atoms. The maximum absolute atomic E-state index is 11.8. The molecule has 0 N–H and O–H groups in total. The summed E-state index contributed by atoms with van der Waals surface area (Å²) in [5, 5.41) is 4.65. The number of ether oxygens (including phenoxy) is 1. The summed E-state index contributed by atoms with van der Waals surface area (Å²) < 4.78 is 4.85. The number of fused-ring (bicyclic) bond motifs is 5. The van der Waals surface area contributed by atoms with Gasteiger partial charge in [-0.2, -0.15) is 0 Å². The molecular weight excluding hydrogens is 260 g/mol. The minimum atomic E-state index is -0.282. The van der Waals surface area contributed by atoms with E-state index in [4.69, 9.17) is 4.74 Å². The molecule has 0 aromatic heterocycles. The van der Waals surface area contributed by atoms with Crippen LogP contribution in [-0.2, 0) is 9.53 Å². The highest BCUT2D eigenvalue weighted by molar-refractivity contribution is 6.18. The molecule has 0 heterocycles. The van der Waals surface area contributed by atoms with E-state index < -0.39 is 0 Å². The van der Waals surface area contributed by atoms with Crippen LogP contribution in [0.1, 0.15) is 17.5 Å². The van der Waals surface area contributed by atoms with Crippen molar-refractivity contribution < 1.29 is 9.53 Å². The Morgan fingerprint density at radius 1 is 1.00 bits per heavy atom. The molecule has 102 valence electrons. The van der Waals surface area contributed by atoms with E-state index in [2.05, 4.69) is 36.4 Å². The van der Waals surface area contributed by atoms with Gasteiger partial charge in [0.15, 0.2) is 0 Å². The number of rotatable bonds is 1. The van der Waals surface area contributed by atoms with Crippen molar-refractivity contribution >= 4 is 40.5 Å². The molecule has 2 nitrogen and oxygen atoms in total. The van der Waals surface area contributed by atoms with Crippen molar-refractivity contribution in [1.29, 1.82) is 0 Å². The van der Waals surface area contributed by atoms with Gasteiger partial charge in [0.05, 0.1) is 12.7 Å². The van der Waals surface area contributed by atoms with Gasteiger partial charge in [-0.05, 0) is 44.8 Å². The molecule has 0 unspecified atom stereocenters. The largest absolute Gasteiger partial charge is 0.465 e. The summed E-state index contributed by atoms with van der Waals surface area (Å²) >= 11 is 0. The number of hydrogen-bond acceptors (Lipinski definition) is 2. The van der Waals surface area contributed by atoms with E-state index in [1.165, 1.54) is 28.7 Å². The first-order valence-electron chi connectivity index (χ1n) is 7.03. The zero-order valence-corrected chi connectivity index (χ0v) is 11.7. The summed E-state index contributed by atoms with van der Waals surface area (Å²) in [4.78, 5) is 11.8. The van der Waals surface area contributed by atoms with Crippen LogP contribution in [0.25, 0.3) is 34.6 Å². The van der Waals surface area contributed by atoms with Crippen LogP contribution in [0.3, 0.4) is 0 Å². The van der Waals surface area contributed by atoms with Crippen molar-refractivity contribution in [2.24, 2.45) is 0 Å². The van der Waals surface area contributed by atoms with Gasteiger partial charge in [0.25, 0.3) is 0 Å². The lowest BCUT2D eigenvalue weighted by atomic mass is 9.95. The minimum Gasteiger partial charge on any atom is -0.465 e. The number of carbonyl (C=O) groups is 1. The lowest BCUT2D eigenvalue weighted by molar-refractivity contribution is -0.133. The Balaban J connectivity index is 2.11. The van der Waals surface area contributed by atoms with Gasteiger partial charge in [0.1, 0.15) is 0 Å². The van der Waals surface area contributed by atoms with Crippen LogP contribution in [0.15, 0.2) is 36.4 Å². The van der Waals surface area contributed by atoms with Gasteiger partial charge in [0, 0.05) is 0 Å². The summed E-state index contributed by atoms with van der Waals surface area (Å²) in [7, 11) is 1.42. The molecule has 0 aliphatic heterocycles. The standard InChI is InChI=1S/C19H14O2/c1-21-19(20)18-11-10-16-15-7-6-12-4-2-3-5-13(12)14(15)8-9-17(16)18/h3-11H,2H2,1H3. The van der Waals surface area contributed by atoms with E-state index in [-0.39, 0.29) is 5.97 Å². The first-order chi connectivity index (χ1) is 10.3. The third-order valence-electron chi connectivity index (χ3n) is 4.19. The molecule has 0 spiro atoms. The van der Waals surface area contributed by atoms with Crippen LogP contribution >= 0.6 is 0 Å². The van der Waals surface area contributed by atoms with Crippen LogP contribution in [0.2, 0.25) is 0 Å². The third kappa shape index (κ3) is 1.69. The van der Waals surface area contributed by atoms with Gasteiger partial charge in [0.2, 0.25) is 0 Å². The Bertz CT molecular complexity index is 959. The molecule has 0 amide bonds. The molecule has 0 radical (unpaired) electrons. The van der Waals surface area contributed by atoms with E-state index in [1.54, 1.807) is 0 Å². The molecule has 2 aromatic rings. The molecule has 0 saturated heterocycles. The number of carbonyl (C=O) groups excluding carboxylic acids is 1. The van der Waals surface area contributed by atoms with Crippen molar-refractivity contribution in [1.82, 2.24) is 0 Å². The van der Waals surface area contributed by atoms with E-state index >= 15 is 0 Å². The molecule has 2 heteroatoms. The second-order valence-corrected chi connectivity index (χ2v) is 5.27. The first kappa shape index (κ1) is 12.2. The molecule has 0 saturated carbocycles. The fourth-order valence-electron chi connectivity index (χ4n) is 3.17. The van der Waals surface area contributed by atoms with Gasteiger partial charge in [-0.15, -0.1) is 0 Å². The number of esters is 1. The highest BCUT2D eigenvalue weighted by Gasteiger charge is 2.16. The molecule has 2 aliphatic rings. The third-order valence-corrected chi connectivity index (χ3v) is 4.19. The summed E-state index contributed by atoms with van der Waals surface area (Å²) in [5.74, 6) is -0.282. The minimum absolute atomic E-state index is 0.282. The lowest BCUT2D eigenvalue weighted by Crippen LogP contribution is -2.15.